The standard InChI is InChI=1S/C22H15BrClFN2O/c23-16-9-5-14(6-10-16)20-13-21(15-7-11-17(25)12-8-15)27(26-20)22(28)18-3-1-2-4-19(18)24/h1-12,21H,13H2. The lowest BCUT2D eigenvalue weighted by Gasteiger charge is -2.22. The summed E-state index contributed by atoms with van der Waals surface area (Å²) in [4.78, 5) is 13.2. The van der Waals surface area contributed by atoms with Crippen LogP contribution in [0.5, 0.6) is 0 Å². The summed E-state index contributed by atoms with van der Waals surface area (Å²) in [6.45, 7) is 0. The quantitative estimate of drug-likeness (QED) is 0.459. The van der Waals surface area contributed by atoms with Crippen LogP contribution in [-0.2, 0) is 0 Å². The van der Waals surface area contributed by atoms with Crippen LogP contribution >= 0.6 is 27.5 Å². The molecule has 1 amide bonds. The summed E-state index contributed by atoms with van der Waals surface area (Å²) in [6, 6.07) is 20.5. The number of carbonyl (C=O) groups excluding carboxylic acids is 1. The van der Waals surface area contributed by atoms with Gasteiger partial charge in [-0.15, -0.1) is 0 Å². The van der Waals surface area contributed by atoms with Crippen molar-refractivity contribution in [1.29, 1.82) is 0 Å². The Morgan fingerprint density at radius 2 is 1.71 bits per heavy atom. The third-order valence-corrected chi connectivity index (χ3v) is 5.51. The van der Waals surface area contributed by atoms with E-state index in [9.17, 15) is 9.18 Å². The third-order valence-electron chi connectivity index (χ3n) is 4.65. The van der Waals surface area contributed by atoms with E-state index < -0.39 is 0 Å². The molecule has 3 aromatic carbocycles. The maximum atomic E-state index is 13.4. The molecule has 0 N–H and O–H groups in total. The number of nitrogens with zero attached hydrogens (tertiary/aromatic N) is 2. The van der Waals surface area contributed by atoms with Crippen LogP contribution in [0.3, 0.4) is 0 Å². The van der Waals surface area contributed by atoms with Gasteiger partial charge in [-0.1, -0.05) is 63.9 Å². The number of carbonyl (C=O) groups is 1. The van der Waals surface area contributed by atoms with E-state index in [-0.39, 0.29) is 17.8 Å². The molecule has 1 aliphatic rings. The van der Waals surface area contributed by atoms with Crippen molar-refractivity contribution in [2.24, 2.45) is 5.10 Å². The van der Waals surface area contributed by atoms with Crippen molar-refractivity contribution in [2.45, 2.75) is 12.5 Å². The molecule has 0 saturated heterocycles. The predicted octanol–water partition coefficient (Wildman–Crippen LogP) is 6.23. The Labute approximate surface area is 175 Å². The smallest absolute Gasteiger partial charge is 0.267 e. The molecule has 3 aromatic rings. The Morgan fingerprint density at radius 3 is 2.39 bits per heavy atom. The van der Waals surface area contributed by atoms with Gasteiger partial charge in [-0.2, -0.15) is 5.10 Å². The number of benzene rings is 3. The molecule has 3 nitrogen and oxygen atoms in total. The molecule has 1 atom stereocenters. The molecule has 1 unspecified atom stereocenters. The minimum atomic E-state index is -0.331. The first-order valence-electron chi connectivity index (χ1n) is 8.70. The van der Waals surface area contributed by atoms with Gasteiger partial charge >= 0.3 is 0 Å². The Bertz CT molecular complexity index is 1050. The van der Waals surface area contributed by atoms with E-state index in [2.05, 4.69) is 21.0 Å². The Morgan fingerprint density at radius 1 is 1.04 bits per heavy atom. The SMILES string of the molecule is O=C(c1ccccc1Cl)N1N=C(c2ccc(Br)cc2)CC1c1ccc(F)cc1. The topological polar surface area (TPSA) is 32.7 Å². The van der Waals surface area contributed by atoms with Crippen molar-refractivity contribution in [2.75, 3.05) is 0 Å². The van der Waals surface area contributed by atoms with Crippen LogP contribution < -0.4 is 0 Å². The van der Waals surface area contributed by atoms with Gasteiger partial charge in [-0.05, 0) is 47.5 Å². The van der Waals surface area contributed by atoms with E-state index in [0.29, 0.717) is 17.0 Å². The second kappa shape index (κ2) is 7.86. The molecular weight excluding hydrogens is 443 g/mol. The number of hydrogen-bond donors (Lipinski definition) is 0. The summed E-state index contributed by atoms with van der Waals surface area (Å²) in [6.07, 6.45) is 0.531. The molecule has 6 heteroatoms. The summed E-state index contributed by atoms with van der Waals surface area (Å²) in [5.74, 6) is -0.605. The monoisotopic (exact) mass is 456 g/mol. The highest BCUT2D eigenvalue weighted by Gasteiger charge is 2.34. The predicted molar refractivity (Wildman–Crippen MR) is 112 cm³/mol. The molecule has 1 heterocycles. The molecule has 0 aromatic heterocycles. The molecule has 0 saturated carbocycles. The van der Waals surface area contributed by atoms with Crippen LogP contribution in [0.25, 0.3) is 0 Å². The Hall–Kier alpha value is -2.50. The lowest BCUT2D eigenvalue weighted by Crippen LogP contribution is -2.27. The van der Waals surface area contributed by atoms with E-state index in [1.807, 2.05) is 24.3 Å². The molecule has 140 valence electrons. The number of halogens is 3. The van der Waals surface area contributed by atoms with Gasteiger partial charge in [0.15, 0.2) is 0 Å². The van der Waals surface area contributed by atoms with Crippen LogP contribution in [0.2, 0.25) is 5.02 Å². The largest absolute Gasteiger partial charge is 0.276 e. The van der Waals surface area contributed by atoms with E-state index in [1.54, 1.807) is 36.4 Å². The second-order valence-electron chi connectivity index (χ2n) is 6.45. The average molecular weight is 458 g/mol. The molecule has 28 heavy (non-hydrogen) atoms. The van der Waals surface area contributed by atoms with Crippen molar-refractivity contribution < 1.29 is 9.18 Å². The summed E-state index contributed by atoms with van der Waals surface area (Å²) in [5.41, 5.74) is 2.93. The summed E-state index contributed by atoms with van der Waals surface area (Å²) in [7, 11) is 0. The van der Waals surface area contributed by atoms with Gasteiger partial charge in [0.05, 0.1) is 22.3 Å². The van der Waals surface area contributed by atoms with Gasteiger partial charge in [-0.3, -0.25) is 4.79 Å². The van der Waals surface area contributed by atoms with Crippen LogP contribution in [0.1, 0.15) is 33.9 Å². The van der Waals surface area contributed by atoms with Gasteiger partial charge < -0.3 is 0 Å². The number of hydrogen-bond acceptors (Lipinski definition) is 2. The highest BCUT2D eigenvalue weighted by Crippen LogP contribution is 2.35. The van der Waals surface area contributed by atoms with Gasteiger partial charge in [0, 0.05) is 10.9 Å². The van der Waals surface area contributed by atoms with Crippen molar-refractivity contribution in [1.82, 2.24) is 5.01 Å². The highest BCUT2D eigenvalue weighted by molar-refractivity contribution is 9.10. The lowest BCUT2D eigenvalue weighted by molar-refractivity contribution is 0.0711. The summed E-state index contributed by atoms with van der Waals surface area (Å²) in [5, 5.41) is 6.44. The summed E-state index contributed by atoms with van der Waals surface area (Å²) < 4.78 is 14.4. The fraction of sp³-hybridized carbons (Fsp3) is 0.0909. The third kappa shape index (κ3) is 3.73. The first-order chi connectivity index (χ1) is 13.5. The van der Waals surface area contributed by atoms with E-state index in [1.165, 1.54) is 17.1 Å². The van der Waals surface area contributed by atoms with E-state index >= 15 is 0 Å². The minimum Gasteiger partial charge on any atom is -0.267 e. The summed E-state index contributed by atoms with van der Waals surface area (Å²) >= 11 is 9.66. The molecule has 1 aliphatic heterocycles. The molecule has 4 rings (SSSR count). The first-order valence-corrected chi connectivity index (χ1v) is 9.87. The molecule has 0 fully saturated rings. The van der Waals surface area contributed by atoms with Crippen molar-refractivity contribution in [3.63, 3.8) is 0 Å². The highest BCUT2D eigenvalue weighted by atomic mass is 79.9. The number of hydrazone groups is 1. The van der Waals surface area contributed by atoms with Crippen LogP contribution in [0.4, 0.5) is 4.39 Å². The molecule has 0 spiro atoms. The lowest BCUT2D eigenvalue weighted by atomic mass is 9.98. The normalized spacial score (nSPS) is 16.2. The zero-order valence-corrected chi connectivity index (χ0v) is 17.0. The van der Waals surface area contributed by atoms with Gasteiger partial charge in [-0.25, -0.2) is 9.40 Å². The molecule has 0 aliphatic carbocycles. The molecule has 0 bridgehead atoms. The van der Waals surface area contributed by atoms with Gasteiger partial charge in [0.2, 0.25) is 0 Å². The molecular formula is C22H15BrClFN2O. The second-order valence-corrected chi connectivity index (χ2v) is 7.78. The Kier molecular flexibility index (Phi) is 5.29. The fourth-order valence-electron chi connectivity index (χ4n) is 3.22. The molecule has 0 radical (unpaired) electrons. The van der Waals surface area contributed by atoms with Crippen molar-refractivity contribution >= 4 is 39.1 Å². The van der Waals surface area contributed by atoms with E-state index in [4.69, 9.17) is 11.6 Å². The fourth-order valence-corrected chi connectivity index (χ4v) is 3.70. The Balaban J connectivity index is 1.75. The number of rotatable bonds is 3. The van der Waals surface area contributed by atoms with Crippen LogP contribution in [0.15, 0.2) is 82.4 Å². The van der Waals surface area contributed by atoms with E-state index in [0.717, 1.165) is 21.3 Å². The zero-order chi connectivity index (χ0) is 19.7. The van der Waals surface area contributed by atoms with Crippen LogP contribution in [-0.4, -0.2) is 16.6 Å². The average Bonchev–Trinajstić information content (AvgIpc) is 3.14. The van der Waals surface area contributed by atoms with Crippen molar-refractivity contribution in [3.8, 4) is 0 Å². The van der Waals surface area contributed by atoms with Crippen LogP contribution in [0, 0.1) is 5.82 Å². The van der Waals surface area contributed by atoms with Gasteiger partial charge in [0.1, 0.15) is 5.82 Å². The first kappa shape index (κ1) is 18.8. The zero-order valence-electron chi connectivity index (χ0n) is 14.6. The number of amides is 1. The maximum Gasteiger partial charge on any atom is 0.276 e. The van der Waals surface area contributed by atoms with Crippen molar-refractivity contribution in [3.05, 3.63) is 105 Å². The van der Waals surface area contributed by atoms with Gasteiger partial charge in [0.25, 0.3) is 5.91 Å². The minimum absolute atomic E-state index is 0.285. The maximum absolute atomic E-state index is 13.4.